The Hall–Kier alpha value is -2.08. The number of tetrazole rings is 1. The summed E-state index contributed by atoms with van der Waals surface area (Å²) in [5, 5.41) is 12.5. The lowest BCUT2D eigenvalue weighted by atomic mass is 9.95. The molecule has 3 rings (SSSR count). The molecule has 0 spiro atoms. The van der Waals surface area contributed by atoms with E-state index in [9.17, 15) is 4.39 Å². The van der Waals surface area contributed by atoms with Gasteiger partial charge in [-0.05, 0) is 66.8 Å². The lowest BCUT2D eigenvalue weighted by Gasteiger charge is -2.36. The van der Waals surface area contributed by atoms with Crippen molar-refractivity contribution in [1.29, 1.82) is 0 Å². The number of rotatable bonds is 4. The minimum atomic E-state index is -0.194. The van der Waals surface area contributed by atoms with Gasteiger partial charge in [0.15, 0.2) is 5.82 Å². The Bertz CT molecular complexity index is 770. The van der Waals surface area contributed by atoms with Crippen LogP contribution in [-0.2, 0) is 5.54 Å². The summed E-state index contributed by atoms with van der Waals surface area (Å²) >= 11 is 0. The molecule has 1 atom stereocenters. The fraction of sp³-hybridized carbons (Fsp3) is 0.550. The Morgan fingerprint density at radius 2 is 1.81 bits per heavy atom. The van der Waals surface area contributed by atoms with Gasteiger partial charge in [-0.2, -0.15) is 0 Å². The summed E-state index contributed by atoms with van der Waals surface area (Å²) in [6, 6.07) is 6.93. The molecule has 1 unspecified atom stereocenters. The Kier molecular flexibility index (Phi) is 5.23. The number of hydrogen-bond acceptors (Lipinski definition) is 4. The SMILES string of the molecule is CC(C)C(c1nnnn1C(C)(C)C)N1CC=C(c2ccc(F)cc2)CC1. The summed E-state index contributed by atoms with van der Waals surface area (Å²) in [7, 11) is 0. The third kappa shape index (κ3) is 3.85. The summed E-state index contributed by atoms with van der Waals surface area (Å²) in [6.07, 6.45) is 3.18. The first-order valence-electron chi connectivity index (χ1n) is 9.25. The van der Waals surface area contributed by atoms with Gasteiger partial charge in [-0.3, -0.25) is 4.90 Å². The third-order valence-corrected chi connectivity index (χ3v) is 4.87. The van der Waals surface area contributed by atoms with Gasteiger partial charge in [-0.15, -0.1) is 5.10 Å². The molecule has 0 saturated heterocycles. The zero-order valence-corrected chi connectivity index (χ0v) is 16.3. The van der Waals surface area contributed by atoms with Crippen molar-refractivity contribution in [1.82, 2.24) is 25.1 Å². The summed E-state index contributed by atoms with van der Waals surface area (Å²) in [5.41, 5.74) is 2.22. The summed E-state index contributed by atoms with van der Waals surface area (Å²) in [6.45, 7) is 12.6. The molecule has 1 aromatic heterocycles. The maximum absolute atomic E-state index is 13.2. The molecule has 1 aromatic carbocycles. The van der Waals surface area contributed by atoms with Crippen LogP contribution in [0.4, 0.5) is 4.39 Å². The van der Waals surface area contributed by atoms with E-state index in [4.69, 9.17) is 0 Å². The molecule has 140 valence electrons. The van der Waals surface area contributed by atoms with Gasteiger partial charge in [0, 0.05) is 13.1 Å². The molecule has 5 nitrogen and oxygen atoms in total. The fourth-order valence-electron chi connectivity index (χ4n) is 3.60. The van der Waals surface area contributed by atoms with Crippen LogP contribution in [0.25, 0.3) is 5.57 Å². The first-order valence-corrected chi connectivity index (χ1v) is 9.25. The molecule has 2 heterocycles. The highest BCUT2D eigenvalue weighted by Crippen LogP contribution is 2.33. The molecule has 1 aliphatic rings. The van der Waals surface area contributed by atoms with Crippen LogP contribution in [0.15, 0.2) is 30.3 Å². The second kappa shape index (κ2) is 7.27. The van der Waals surface area contributed by atoms with E-state index in [1.54, 1.807) is 0 Å². The largest absolute Gasteiger partial charge is 0.289 e. The highest BCUT2D eigenvalue weighted by molar-refractivity contribution is 5.66. The van der Waals surface area contributed by atoms with Crippen LogP contribution in [0.5, 0.6) is 0 Å². The standard InChI is InChI=1S/C20H28FN5/c1-14(2)18(19-22-23-24-26(19)20(3,4)5)25-12-10-16(11-13-25)15-6-8-17(21)9-7-15/h6-10,14,18H,11-13H2,1-5H3. The van der Waals surface area contributed by atoms with E-state index in [0.29, 0.717) is 5.92 Å². The third-order valence-electron chi connectivity index (χ3n) is 4.87. The molecule has 0 amide bonds. The van der Waals surface area contributed by atoms with Gasteiger partial charge in [-0.25, -0.2) is 9.07 Å². The predicted octanol–water partition coefficient (Wildman–Crippen LogP) is 4.05. The van der Waals surface area contributed by atoms with Gasteiger partial charge in [-0.1, -0.05) is 32.1 Å². The van der Waals surface area contributed by atoms with E-state index in [0.717, 1.165) is 30.9 Å². The van der Waals surface area contributed by atoms with Crippen molar-refractivity contribution in [3.05, 3.63) is 47.5 Å². The Balaban J connectivity index is 1.83. The smallest absolute Gasteiger partial charge is 0.169 e. The van der Waals surface area contributed by atoms with E-state index in [2.05, 4.69) is 61.1 Å². The van der Waals surface area contributed by atoms with Crippen LogP contribution in [0, 0.1) is 11.7 Å². The lowest BCUT2D eigenvalue weighted by molar-refractivity contribution is 0.150. The molecule has 0 bridgehead atoms. The minimum Gasteiger partial charge on any atom is -0.289 e. The second-order valence-electron chi connectivity index (χ2n) is 8.29. The molecular weight excluding hydrogens is 329 g/mol. The van der Waals surface area contributed by atoms with Gasteiger partial charge in [0.2, 0.25) is 0 Å². The van der Waals surface area contributed by atoms with Crippen molar-refractivity contribution in [3.8, 4) is 0 Å². The van der Waals surface area contributed by atoms with Crippen molar-refractivity contribution in [2.75, 3.05) is 13.1 Å². The highest BCUT2D eigenvalue weighted by atomic mass is 19.1. The number of halogens is 1. The van der Waals surface area contributed by atoms with Crippen LogP contribution >= 0.6 is 0 Å². The highest BCUT2D eigenvalue weighted by Gasteiger charge is 2.32. The molecule has 0 aliphatic carbocycles. The molecule has 0 fully saturated rings. The molecule has 6 heteroatoms. The zero-order chi connectivity index (χ0) is 18.9. The van der Waals surface area contributed by atoms with E-state index in [-0.39, 0.29) is 17.4 Å². The normalized spacial score (nSPS) is 17.4. The average molecular weight is 357 g/mol. The van der Waals surface area contributed by atoms with E-state index in [1.165, 1.54) is 17.7 Å². The molecule has 0 radical (unpaired) electrons. The van der Waals surface area contributed by atoms with Crippen molar-refractivity contribution >= 4 is 5.57 Å². The summed E-state index contributed by atoms with van der Waals surface area (Å²) in [4.78, 5) is 2.44. The monoisotopic (exact) mass is 357 g/mol. The quantitative estimate of drug-likeness (QED) is 0.828. The minimum absolute atomic E-state index is 0.156. The van der Waals surface area contributed by atoms with Crippen molar-refractivity contribution in [3.63, 3.8) is 0 Å². The first-order chi connectivity index (χ1) is 12.3. The first kappa shape index (κ1) is 18.7. The number of benzene rings is 1. The van der Waals surface area contributed by atoms with Crippen LogP contribution in [-0.4, -0.2) is 38.2 Å². The van der Waals surface area contributed by atoms with Crippen molar-refractivity contribution < 1.29 is 4.39 Å². The van der Waals surface area contributed by atoms with E-state index in [1.807, 2.05) is 16.8 Å². The second-order valence-corrected chi connectivity index (χ2v) is 8.29. The Labute approximate surface area is 154 Å². The molecule has 1 aliphatic heterocycles. The number of hydrogen-bond donors (Lipinski definition) is 0. The van der Waals surface area contributed by atoms with Crippen molar-refractivity contribution in [2.24, 2.45) is 5.92 Å². The maximum atomic E-state index is 13.2. The van der Waals surface area contributed by atoms with Gasteiger partial charge in [0.1, 0.15) is 5.82 Å². The molecule has 0 saturated carbocycles. The summed E-state index contributed by atoms with van der Waals surface area (Å²) < 4.78 is 15.1. The lowest BCUT2D eigenvalue weighted by Crippen LogP contribution is -2.39. The molecule has 0 N–H and O–H groups in total. The maximum Gasteiger partial charge on any atom is 0.169 e. The van der Waals surface area contributed by atoms with E-state index < -0.39 is 0 Å². The van der Waals surface area contributed by atoms with E-state index >= 15 is 0 Å². The Morgan fingerprint density at radius 3 is 2.35 bits per heavy atom. The van der Waals surface area contributed by atoms with Gasteiger partial charge in [0.25, 0.3) is 0 Å². The molecule has 26 heavy (non-hydrogen) atoms. The van der Waals surface area contributed by atoms with Gasteiger partial charge < -0.3 is 0 Å². The predicted molar refractivity (Wildman–Crippen MR) is 101 cm³/mol. The fourth-order valence-corrected chi connectivity index (χ4v) is 3.60. The molecular formula is C20H28FN5. The zero-order valence-electron chi connectivity index (χ0n) is 16.3. The van der Waals surface area contributed by atoms with Crippen LogP contribution in [0.1, 0.15) is 58.5 Å². The average Bonchev–Trinajstić information content (AvgIpc) is 3.06. The Morgan fingerprint density at radius 1 is 1.12 bits per heavy atom. The van der Waals surface area contributed by atoms with Crippen molar-refractivity contribution in [2.45, 2.75) is 52.6 Å². The molecule has 2 aromatic rings. The van der Waals surface area contributed by atoms with Crippen LogP contribution < -0.4 is 0 Å². The summed E-state index contributed by atoms with van der Waals surface area (Å²) in [5.74, 6) is 1.12. The number of aromatic nitrogens is 4. The van der Waals surface area contributed by atoms with Crippen LogP contribution in [0.2, 0.25) is 0 Å². The topological polar surface area (TPSA) is 46.8 Å². The van der Waals surface area contributed by atoms with Crippen LogP contribution in [0.3, 0.4) is 0 Å². The van der Waals surface area contributed by atoms with Gasteiger partial charge in [0.05, 0.1) is 11.6 Å². The number of nitrogens with zero attached hydrogens (tertiary/aromatic N) is 5. The van der Waals surface area contributed by atoms with Gasteiger partial charge >= 0.3 is 0 Å².